The van der Waals surface area contributed by atoms with E-state index in [2.05, 4.69) is 16.7 Å². The topological polar surface area (TPSA) is 84.3 Å². The summed E-state index contributed by atoms with van der Waals surface area (Å²) in [5.41, 5.74) is 0.837. The number of aryl methyl sites for hydroxylation is 1. The van der Waals surface area contributed by atoms with Gasteiger partial charge >= 0.3 is 0 Å². The molecule has 1 aliphatic heterocycles. The largest absolute Gasteiger partial charge is 0.342 e. The molecule has 1 amide bonds. The van der Waals surface area contributed by atoms with E-state index in [9.17, 15) is 13.2 Å². The number of carbonyl (C=O) groups excluding carboxylic acids is 1. The average Bonchev–Trinajstić information content (AvgIpc) is 3.10. The van der Waals surface area contributed by atoms with Crippen molar-refractivity contribution in [2.24, 2.45) is 24.8 Å². The van der Waals surface area contributed by atoms with Crippen molar-refractivity contribution in [1.82, 2.24) is 19.4 Å². The van der Waals surface area contributed by atoms with Crippen molar-refractivity contribution in [1.29, 1.82) is 0 Å². The molecule has 3 atom stereocenters. The number of piperidine rings is 1. The molecule has 7 nitrogen and oxygen atoms in total. The van der Waals surface area contributed by atoms with E-state index >= 15 is 0 Å². The molecular formula is C16H26N4O3S. The van der Waals surface area contributed by atoms with E-state index in [1.807, 2.05) is 4.90 Å². The number of hydrogen-bond donors (Lipinski definition) is 1. The highest BCUT2D eigenvalue weighted by atomic mass is 32.2. The van der Waals surface area contributed by atoms with Crippen LogP contribution in [0.2, 0.25) is 0 Å². The Bertz CT molecular complexity index is 700. The van der Waals surface area contributed by atoms with E-state index in [-0.39, 0.29) is 30.0 Å². The standard InChI is InChI=1S/C16H26N4O3S/c1-12-6-15(12)16(21)20-5-3-4-13(10-20)11-24(22,23)18-8-14-7-17-19(2)9-14/h7,9,12-13,15,18H,3-6,8,10-11H2,1-2H3/t12-,13+,15-/m1/s1. The van der Waals surface area contributed by atoms with Crippen LogP contribution in [0.15, 0.2) is 12.4 Å². The third-order valence-corrected chi connectivity index (χ3v) is 6.46. The van der Waals surface area contributed by atoms with Crippen LogP contribution in [0.5, 0.6) is 0 Å². The van der Waals surface area contributed by atoms with Gasteiger partial charge in [0.15, 0.2) is 0 Å². The number of carbonyl (C=O) groups is 1. The van der Waals surface area contributed by atoms with Gasteiger partial charge in [-0.15, -0.1) is 0 Å². The second-order valence-electron chi connectivity index (χ2n) is 7.24. The molecule has 1 aromatic heterocycles. The van der Waals surface area contributed by atoms with Gasteiger partial charge in [-0.2, -0.15) is 5.10 Å². The Kier molecular flexibility index (Phi) is 4.96. The second kappa shape index (κ2) is 6.84. The lowest BCUT2D eigenvalue weighted by Crippen LogP contribution is -2.44. The van der Waals surface area contributed by atoms with Crippen molar-refractivity contribution in [2.45, 2.75) is 32.7 Å². The molecule has 2 aliphatic rings. The zero-order valence-corrected chi connectivity index (χ0v) is 15.1. The van der Waals surface area contributed by atoms with E-state index in [0.717, 1.165) is 31.4 Å². The molecular weight excluding hydrogens is 328 g/mol. The molecule has 0 aromatic carbocycles. The highest BCUT2D eigenvalue weighted by Crippen LogP contribution is 2.39. The molecule has 0 radical (unpaired) electrons. The lowest BCUT2D eigenvalue weighted by molar-refractivity contribution is -0.134. The van der Waals surface area contributed by atoms with E-state index in [4.69, 9.17) is 0 Å². The monoisotopic (exact) mass is 354 g/mol. The fourth-order valence-electron chi connectivity index (χ4n) is 3.43. The minimum atomic E-state index is -3.36. The van der Waals surface area contributed by atoms with Crippen LogP contribution in [0, 0.1) is 17.8 Å². The molecule has 134 valence electrons. The molecule has 2 fully saturated rings. The van der Waals surface area contributed by atoms with Crippen molar-refractivity contribution >= 4 is 15.9 Å². The van der Waals surface area contributed by atoms with E-state index in [1.54, 1.807) is 24.1 Å². The molecule has 1 N–H and O–H groups in total. The summed E-state index contributed by atoms with van der Waals surface area (Å²) in [7, 11) is -1.56. The maximum Gasteiger partial charge on any atom is 0.225 e. The Labute approximate surface area is 143 Å². The number of likely N-dealkylation sites (tertiary alicyclic amines) is 1. The highest BCUT2D eigenvalue weighted by molar-refractivity contribution is 7.89. The number of hydrogen-bond acceptors (Lipinski definition) is 4. The first-order valence-electron chi connectivity index (χ1n) is 8.57. The van der Waals surface area contributed by atoms with Crippen LogP contribution >= 0.6 is 0 Å². The molecule has 3 rings (SSSR count). The summed E-state index contributed by atoms with van der Waals surface area (Å²) in [4.78, 5) is 14.2. The molecule has 1 saturated heterocycles. The second-order valence-corrected chi connectivity index (χ2v) is 9.09. The van der Waals surface area contributed by atoms with Crippen LogP contribution < -0.4 is 4.72 Å². The lowest BCUT2D eigenvalue weighted by Gasteiger charge is -2.33. The zero-order chi connectivity index (χ0) is 17.3. The highest BCUT2D eigenvalue weighted by Gasteiger charge is 2.42. The molecule has 2 heterocycles. The van der Waals surface area contributed by atoms with Crippen LogP contribution in [-0.2, 0) is 28.4 Å². The predicted molar refractivity (Wildman–Crippen MR) is 90.4 cm³/mol. The summed E-state index contributed by atoms with van der Waals surface area (Å²) in [6, 6.07) is 0. The summed E-state index contributed by atoms with van der Waals surface area (Å²) >= 11 is 0. The Morgan fingerprint density at radius 3 is 2.83 bits per heavy atom. The normalized spacial score (nSPS) is 27.2. The van der Waals surface area contributed by atoms with Gasteiger partial charge in [0.25, 0.3) is 0 Å². The van der Waals surface area contributed by atoms with Crippen molar-refractivity contribution in [3.63, 3.8) is 0 Å². The molecule has 8 heteroatoms. The van der Waals surface area contributed by atoms with Gasteiger partial charge in [0.2, 0.25) is 15.9 Å². The number of rotatable bonds is 6. The van der Waals surface area contributed by atoms with Gasteiger partial charge < -0.3 is 4.90 Å². The number of nitrogens with zero attached hydrogens (tertiary/aromatic N) is 3. The van der Waals surface area contributed by atoms with Gasteiger partial charge in [0.05, 0.1) is 11.9 Å². The first-order chi connectivity index (χ1) is 11.3. The Balaban J connectivity index is 1.51. The minimum Gasteiger partial charge on any atom is -0.342 e. The number of sulfonamides is 1. The van der Waals surface area contributed by atoms with E-state index in [1.165, 1.54) is 0 Å². The summed E-state index contributed by atoms with van der Waals surface area (Å²) < 4.78 is 28.9. The summed E-state index contributed by atoms with van der Waals surface area (Å²) in [6.45, 7) is 3.68. The Morgan fingerprint density at radius 2 is 2.21 bits per heavy atom. The van der Waals surface area contributed by atoms with Crippen molar-refractivity contribution in [3.8, 4) is 0 Å². The summed E-state index contributed by atoms with van der Waals surface area (Å²) in [5, 5.41) is 4.03. The first kappa shape index (κ1) is 17.4. The number of amides is 1. The molecule has 1 aliphatic carbocycles. The van der Waals surface area contributed by atoms with E-state index in [0.29, 0.717) is 12.5 Å². The molecule has 1 saturated carbocycles. The van der Waals surface area contributed by atoms with E-state index < -0.39 is 10.0 Å². The third-order valence-electron chi connectivity index (χ3n) is 4.97. The number of nitrogens with one attached hydrogen (secondary N) is 1. The van der Waals surface area contributed by atoms with Crippen LogP contribution in [-0.4, -0.2) is 47.8 Å². The molecule has 0 unspecified atom stereocenters. The zero-order valence-electron chi connectivity index (χ0n) is 14.3. The Morgan fingerprint density at radius 1 is 1.46 bits per heavy atom. The molecule has 0 spiro atoms. The van der Waals surface area contributed by atoms with Gasteiger partial charge in [-0.3, -0.25) is 9.48 Å². The van der Waals surface area contributed by atoms with Gasteiger partial charge in [-0.05, 0) is 31.1 Å². The van der Waals surface area contributed by atoms with Crippen LogP contribution in [0.1, 0.15) is 31.7 Å². The fourth-order valence-corrected chi connectivity index (χ4v) is 4.82. The third kappa shape index (κ3) is 4.36. The van der Waals surface area contributed by atoms with Crippen LogP contribution in [0.25, 0.3) is 0 Å². The Hall–Kier alpha value is -1.41. The molecule has 24 heavy (non-hydrogen) atoms. The average molecular weight is 354 g/mol. The maximum atomic E-state index is 12.3. The summed E-state index contributed by atoms with van der Waals surface area (Å²) in [5.74, 6) is 0.972. The maximum absolute atomic E-state index is 12.3. The van der Waals surface area contributed by atoms with Gasteiger partial charge in [-0.1, -0.05) is 6.92 Å². The smallest absolute Gasteiger partial charge is 0.225 e. The minimum absolute atomic E-state index is 0.0168. The quantitative estimate of drug-likeness (QED) is 0.816. The summed E-state index contributed by atoms with van der Waals surface area (Å²) in [6.07, 6.45) is 6.17. The van der Waals surface area contributed by atoms with Crippen molar-refractivity contribution < 1.29 is 13.2 Å². The predicted octanol–water partition coefficient (Wildman–Crippen LogP) is 0.734. The fraction of sp³-hybridized carbons (Fsp3) is 0.750. The number of aromatic nitrogens is 2. The van der Waals surface area contributed by atoms with Crippen LogP contribution in [0.3, 0.4) is 0 Å². The molecule has 1 aromatic rings. The van der Waals surface area contributed by atoms with Crippen molar-refractivity contribution in [2.75, 3.05) is 18.8 Å². The van der Waals surface area contributed by atoms with Crippen molar-refractivity contribution in [3.05, 3.63) is 18.0 Å². The first-order valence-corrected chi connectivity index (χ1v) is 10.2. The van der Waals surface area contributed by atoms with Gasteiger partial charge in [0, 0.05) is 44.4 Å². The molecule has 0 bridgehead atoms. The van der Waals surface area contributed by atoms with Crippen LogP contribution in [0.4, 0.5) is 0 Å². The van der Waals surface area contributed by atoms with Gasteiger partial charge in [0.1, 0.15) is 0 Å². The lowest BCUT2D eigenvalue weighted by atomic mass is 9.99. The SMILES string of the molecule is C[C@@H]1C[C@H]1C(=O)N1CCC[C@H](CS(=O)(=O)NCc2cnn(C)c2)C1. The van der Waals surface area contributed by atoms with Gasteiger partial charge in [-0.25, -0.2) is 13.1 Å².